The monoisotopic (exact) mass is 421 g/mol. The Labute approximate surface area is 168 Å². The predicted molar refractivity (Wildman–Crippen MR) is 104 cm³/mol. The molecule has 0 saturated heterocycles. The molecule has 0 atom stereocenters. The zero-order valence-electron chi connectivity index (χ0n) is 14.2. The van der Waals surface area contributed by atoms with Crippen LogP contribution in [-0.4, -0.2) is 25.2 Å². The van der Waals surface area contributed by atoms with E-state index in [0.717, 1.165) is 22.9 Å². The van der Waals surface area contributed by atoms with Gasteiger partial charge < -0.3 is 5.32 Å². The molecular formula is C17H13Cl2N5O4. The van der Waals surface area contributed by atoms with Crippen LogP contribution in [0, 0.1) is 10.1 Å². The summed E-state index contributed by atoms with van der Waals surface area (Å²) >= 11 is 12.2. The van der Waals surface area contributed by atoms with Gasteiger partial charge in [-0.2, -0.15) is 5.10 Å². The number of rotatable bonds is 6. The van der Waals surface area contributed by atoms with Gasteiger partial charge in [0, 0.05) is 18.2 Å². The van der Waals surface area contributed by atoms with Crippen molar-refractivity contribution in [2.24, 2.45) is 0 Å². The lowest BCUT2D eigenvalue weighted by molar-refractivity contribution is -0.385. The number of nitrogens with one attached hydrogen (secondary N) is 1. The van der Waals surface area contributed by atoms with Gasteiger partial charge in [0.2, 0.25) is 5.91 Å². The summed E-state index contributed by atoms with van der Waals surface area (Å²) in [5.41, 5.74) is -0.101. The van der Waals surface area contributed by atoms with Crippen molar-refractivity contribution in [3.63, 3.8) is 0 Å². The van der Waals surface area contributed by atoms with Gasteiger partial charge in [-0.3, -0.25) is 24.3 Å². The molecular weight excluding hydrogens is 409 g/mol. The van der Waals surface area contributed by atoms with Gasteiger partial charge in [0.15, 0.2) is 0 Å². The summed E-state index contributed by atoms with van der Waals surface area (Å²) in [6, 6.07) is 8.89. The van der Waals surface area contributed by atoms with Gasteiger partial charge >= 0.3 is 0 Å². The summed E-state index contributed by atoms with van der Waals surface area (Å²) in [5.74, 6) is -0.166. The first kappa shape index (κ1) is 19.6. The van der Waals surface area contributed by atoms with Crippen molar-refractivity contribution in [2.75, 3.05) is 5.32 Å². The van der Waals surface area contributed by atoms with Crippen LogP contribution in [0.4, 0.5) is 11.5 Å². The minimum Gasteiger partial charge on any atom is -0.309 e. The van der Waals surface area contributed by atoms with Crippen LogP contribution >= 0.6 is 23.2 Å². The number of aromatic nitrogens is 3. The van der Waals surface area contributed by atoms with Crippen molar-refractivity contribution in [1.82, 2.24) is 14.3 Å². The molecule has 1 amide bonds. The van der Waals surface area contributed by atoms with Gasteiger partial charge in [0.1, 0.15) is 12.4 Å². The highest BCUT2D eigenvalue weighted by atomic mass is 35.5. The second-order valence-corrected chi connectivity index (χ2v) is 6.53. The molecule has 3 aromatic rings. The van der Waals surface area contributed by atoms with Gasteiger partial charge in [-0.1, -0.05) is 35.3 Å². The van der Waals surface area contributed by atoms with E-state index in [1.54, 1.807) is 24.3 Å². The molecule has 0 aliphatic heterocycles. The van der Waals surface area contributed by atoms with Crippen LogP contribution in [0.2, 0.25) is 10.0 Å². The number of pyridine rings is 1. The highest BCUT2D eigenvalue weighted by Crippen LogP contribution is 2.26. The lowest BCUT2D eigenvalue weighted by Gasteiger charge is -2.11. The molecule has 0 radical (unpaired) electrons. The summed E-state index contributed by atoms with van der Waals surface area (Å²) in [4.78, 5) is 34.3. The van der Waals surface area contributed by atoms with Gasteiger partial charge in [-0.05, 0) is 11.6 Å². The largest absolute Gasteiger partial charge is 0.309 e. The van der Waals surface area contributed by atoms with E-state index in [4.69, 9.17) is 23.2 Å². The molecule has 9 nitrogen and oxygen atoms in total. The first-order valence-electron chi connectivity index (χ1n) is 7.94. The maximum atomic E-state index is 12.3. The van der Waals surface area contributed by atoms with Crippen molar-refractivity contribution in [3.05, 3.63) is 84.9 Å². The quantitative estimate of drug-likeness (QED) is 0.485. The lowest BCUT2D eigenvalue weighted by atomic mass is 10.2. The topological polar surface area (TPSA) is 112 Å². The summed E-state index contributed by atoms with van der Waals surface area (Å²) < 4.78 is 2.47. The van der Waals surface area contributed by atoms with Gasteiger partial charge in [-0.15, -0.1) is 0 Å². The maximum absolute atomic E-state index is 12.3. The van der Waals surface area contributed by atoms with E-state index in [1.807, 2.05) is 0 Å². The van der Waals surface area contributed by atoms with Gasteiger partial charge in [0.05, 0.1) is 33.9 Å². The van der Waals surface area contributed by atoms with Crippen LogP contribution in [0.5, 0.6) is 0 Å². The average molecular weight is 422 g/mol. The Balaban J connectivity index is 1.75. The van der Waals surface area contributed by atoms with E-state index in [1.165, 1.54) is 10.9 Å². The van der Waals surface area contributed by atoms with E-state index in [0.29, 0.717) is 21.4 Å². The number of hydrogen-bond donors (Lipinski definition) is 1. The van der Waals surface area contributed by atoms with Crippen molar-refractivity contribution in [3.8, 4) is 0 Å². The maximum Gasteiger partial charge on any atom is 0.285 e. The predicted octanol–water partition coefficient (Wildman–Crippen LogP) is 2.95. The number of amides is 1. The zero-order valence-corrected chi connectivity index (χ0v) is 15.7. The van der Waals surface area contributed by atoms with Crippen molar-refractivity contribution >= 4 is 40.6 Å². The Hall–Kier alpha value is -3.17. The van der Waals surface area contributed by atoms with Crippen LogP contribution in [-0.2, 0) is 17.9 Å². The summed E-state index contributed by atoms with van der Waals surface area (Å²) in [6.45, 7) is -0.123. The lowest BCUT2D eigenvalue weighted by Crippen LogP contribution is -2.27. The second-order valence-electron chi connectivity index (χ2n) is 5.75. The molecule has 0 unspecified atom stereocenters. The number of nitro groups is 1. The van der Waals surface area contributed by atoms with Crippen molar-refractivity contribution in [1.29, 1.82) is 0 Å². The standard InChI is InChI=1S/C17H13Cl2N5O4/c18-13-3-1-2-11(17(13)19)8-23-14(6-7-20-23)21-15(25)10-22-9-12(24(27)28)4-5-16(22)26/h1-7,9H,8,10H2,(H,21,25). The fourth-order valence-electron chi connectivity index (χ4n) is 2.48. The third kappa shape index (κ3) is 4.38. The Morgan fingerprint density at radius 1 is 1.21 bits per heavy atom. The SMILES string of the molecule is O=C(Cn1cc([N+](=O)[O-])ccc1=O)Nc1ccnn1Cc1cccc(Cl)c1Cl. The molecule has 2 heterocycles. The van der Waals surface area contributed by atoms with E-state index >= 15 is 0 Å². The van der Waals surface area contributed by atoms with Crippen LogP contribution in [0.15, 0.2) is 53.6 Å². The molecule has 1 N–H and O–H groups in total. The fourth-order valence-corrected chi connectivity index (χ4v) is 2.86. The van der Waals surface area contributed by atoms with Gasteiger partial charge in [-0.25, -0.2) is 4.68 Å². The normalized spacial score (nSPS) is 10.6. The minimum absolute atomic E-state index is 0.263. The first-order chi connectivity index (χ1) is 13.3. The number of hydrogen-bond acceptors (Lipinski definition) is 5. The number of carbonyl (C=O) groups is 1. The van der Waals surface area contributed by atoms with E-state index < -0.39 is 16.4 Å². The molecule has 0 aliphatic rings. The number of carbonyl (C=O) groups excluding carboxylic acids is 1. The van der Waals surface area contributed by atoms with Crippen LogP contribution in [0.1, 0.15) is 5.56 Å². The Morgan fingerprint density at radius 2 is 2.00 bits per heavy atom. The van der Waals surface area contributed by atoms with Crippen molar-refractivity contribution < 1.29 is 9.72 Å². The number of benzene rings is 1. The minimum atomic E-state index is -0.641. The summed E-state index contributed by atoms with van der Waals surface area (Å²) in [6.07, 6.45) is 2.51. The fraction of sp³-hybridized carbons (Fsp3) is 0.118. The Bertz CT molecular complexity index is 1110. The second kappa shape index (κ2) is 8.24. The third-order valence-electron chi connectivity index (χ3n) is 3.83. The Kier molecular flexibility index (Phi) is 5.76. The summed E-state index contributed by atoms with van der Waals surface area (Å²) in [7, 11) is 0. The molecule has 0 aliphatic carbocycles. The smallest absolute Gasteiger partial charge is 0.285 e. The molecule has 0 fully saturated rings. The van der Waals surface area contributed by atoms with Crippen LogP contribution < -0.4 is 10.9 Å². The molecule has 0 bridgehead atoms. The first-order valence-corrected chi connectivity index (χ1v) is 8.70. The molecule has 11 heteroatoms. The van der Waals surface area contributed by atoms with E-state index in [9.17, 15) is 19.7 Å². The van der Waals surface area contributed by atoms with E-state index in [2.05, 4.69) is 10.4 Å². The molecule has 0 spiro atoms. The average Bonchev–Trinajstić information content (AvgIpc) is 3.07. The molecule has 144 valence electrons. The number of halogens is 2. The molecule has 3 rings (SSSR count). The Morgan fingerprint density at radius 3 is 2.75 bits per heavy atom. The molecule has 2 aromatic heterocycles. The van der Waals surface area contributed by atoms with Crippen LogP contribution in [0.3, 0.4) is 0 Å². The van der Waals surface area contributed by atoms with Crippen LogP contribution in [0.25, 0.3) is 0 Å². The molecule has 1 aromatic carbocycles. The van der Waals surface area contributed by atoms with Crippen molar-refractivity contribution in [2.45, 2.75) is 13.1 Å². The highest BCUT2D eigenvalue weighted by Gasteiger charge is 2.13. The van der Waals surface area contributed by atoms with Gasteiger partial charge in [0.25, 0.3) is 11.2 Å². The van der Waals surface area contributed by atoms with E-state index in [-0.39, 0.29) is 18.8 Å². The number of nitrogens with zero attached hydrogens (tertiary/aromatic N) is 4. The third-order valence-corrected chi connectivity index (χ3v) is 4.69. The molecule has 28 heavy (non-hydrogen) atoms. The number of anilines is 1. The highest BCUT2D eigenvalue weighted by molar-refractivity contribution is 6.42. The molecule has 0 saturated carbocycles. The summed E-state index contributed by atoms with van der Waals surface area (Å²) in [5, 5.41) is 18.4. The zero-order chi connectivity index (χ0) is 20.3.